The highest BCUT2D eigenvalue weighted by Gasteiger charge is 1.98. The van der Waals surface area contributed by atoms with E-state index >= 15 is 0 Å². The van der Waals surface area contributed by atoms with Crippen LogP contribution >= 0.6 is 0 Å². The van der Waals surface area contributed by atoms with E-state index in [0.29, 0.717) is 0 Å². The van der Waals surface area contributed by atoms with Crippen molar-refractivity contribution in [1.29, 1.82) is 0 Å². The van der Waals surface area contributed by atoms with E-state index in [1.54, 1.807) is 6.08 Å². The van der Waals surface area contributed by atoms with E-state index in [1.807, 2.05) is 24.3 Å². The summed E-state index contributed by atoms with van der Waals surface area (Å²) < 4.78 is 0. The zero-order valence-corrected chi connectivity index (χ0v) is 17.0. The predicted octanol–water partition coefficient (Wildman–Crippen LogP) is 7.06. The molecule has 0 aliphatic heterocycles. The number of hydrogen-bond donors (Lipinski definition) is 2. The zero-order valence-electron chi connectivity index (χ0n) is 17.0. The Bertz CT molecular complexity index is 563. The van der Waals surface area contributed by atoms with Gasteiger partial charge in [-0.15, -0.1) is 0 Å². The third kappa shape index (κ3) is 12.9. The number of benzene rings is 1. The van der Waals surface area contributed by atoms with Gasteiger partial charge in [-0.3, -0.25) is 0 Å². The highest BCUT2D eigenvalue weighted by molar-refractivity contribution is 5.86. The third-order valence-corrected chi connectivity index (χ3v) is 4.62. The Morgan fingerprint density at radius 2 is 1.56 bits per heavy atom. The first kappa shape index (κ1) is 23.0. The Labute approximate surface area is 165 Å². The number of allylic oxidation sites excluding steroid dienone is 2. The summed E-state index contributed by atoms with van der Waals surface area (Å²) >= 11 is 0. The Hall–Kier alpha value is -2.03. The maximum atomic E-state index is 10.7. The van der Waals surface area contributed by atoms with Crippen molar-refractivity contribution in [2.24, 2.45) is 0 Å². The van der Waals surface area contributed by atoms with Gasteiger partial charge in [0.1, 0.15) is 0 Å². The first-order valence-corrected chi connectivity index (χ1v) is 10.6. The van der Waals surface area contributed by atoms with E-state index in [9.17, 15) is 4.79 Å². The minimum absolute atomic E-state index is 0.889. The second-order valence-electron chi connectivity index (χ2n) is 7.06. The Morgan fingerprint density at radius 1 is 0.926 bits per heavy atom. The Balaban J connectivity index is 2.06. The van der Waals surface area contributed by atoms with Crippen molar-refractivity contribution in [2.45, 2.75) is 77.6 Å². The van der Waals surface area contributed by atoms with Crippen molar-refractivity contribution in [3.05, 3.63) is 48.1 Å². The smallest absolute Gasteiger partial charge is 0.328 e. The normalized spacial score (nSPS) is 11.4. The van der Waals surface area contributed by atoms with Crippen molar-refractivity contribution < 1.29 is 9.90 Å². The zero-order chi connectivity index (χ0) is 19.6. The van der Waals surface area contributed by atoms with Gasteiger partial charge in [-0.25, -0.2) is 4.79 Å². The first-order valence-electron chi connectivity index (χ1n) is 10.6. The fourth-order valence-corrected chi connectivity index (χ4v) is 3.04. The van der Waals surface area contributed by atoms with Crippen LogP contribution in [0.15, 0.2) is 42.5 Å². The molecule has 0 amide bonds. The van der Waals surface area contributed by atoms with Gasteiger partial charge in [0.15, 0.2) is 0 Å². The van der Waals surface area contributed by atoms with Gasteiger partial charge in [0.25, 0.3) is 0 Å². The molecule has 0 atom stereocenters. The standard InChI is InChI=1S/C24H37NO2/c1-2-3-4-5-6-7-8-9-10-11-12-13-16-21-25-23-18-15-14-17-22(23)19-20-24(26)27/h11-12,14-15,17-20,25H,2-10,13,16,21H2,1H3,(H,26,27). The summed E-state index contributed by atoms with van der Waals surface area (Å²) in [7, 11) is 0. The minimum atomic E-state index is -0.925. The van der Waals surface area contributed by atoms with Gasteiger partial charge < -0.3 is 10.4 Å². The molecule has 2 N–H and O–H groups in total. The van der Waals surface area contributed by atoms with Crippen LogP contribution in [0.1, 0.15) is 83.1 Å². The Kier molecular flexibility index (Phi) is 13.8. The van der Waals surface area contributed by atoms with E-state index in [0.717, 1.165) is 30.6 Å². The fourth-order valence-electron chi connectivity index (χ4n) is 3.04. The molecule has 3 nitrogen and oxygen atoms in total. The van der Waals surface area contributed by atoms with Crippen LogP contribution in [-0.2, 0) is 4.79 Å². The summed E-state index contributed by atoms with van der Waals surface area (Å²) in [4.78, 5) is 10.7. The summed E-state index contributed by atoms with van der Waals surface area (Å²) in [6.45, 7) is 3.15. The number of carbonyl (C=O) groups is 1. The molecule has 0 radical (unpaired) electrons. The summed E-state index contributed by atoms with van der Waals surface area (Å²) in [6.07, 6.45) is 21.8. The highest BCUT2D eigenvalue weighted by atomic mass is 16.4. The molecule has 0 saturated heterocycles. The average Bonchev–Trinajstić information content (AvgIpc) is 2.67. The summed E-state index contributed by atoms with van der Waals surface area (Å²) in [5, 5.41) is 12.2. The number of nitrogens with one attached hydrogen (secondary N) is 1. The molecule has 0 aliphatic rings. The number of para-hydroxylation sites is 1. The lowest BCUT2D eigenvalue weighted by molar-refractivity contribution is -0.131. The molecule has 3 heteroatoms. The summed E-state index contributed by atoms with van der Waals surface area (Å²) in [6, 6.07) is 7.79. The lowest BCUT2D eigenvalue weighted by Crippen LogP contribution is -2.02. The van der Waals surface area contributed by atoms with Crippen LogP contribution in [0.5, 0.6) is 0 Å². The van der Waals surface area contributed by atoms with Crippen LogP contribution in [0.2, 0.25) is 0 Å². The van der Waals surface area contributed by atoms with Gasteiger partial charge >= 0.3 is 5.97 Å². The molecule has 0 aliphatic carbocycles. The second kappa shape index (κ2) is 16.2. The number of unbranched alkanes of at least 4 members (excludes halogenated alkanes) is 9. The topological polar surface area (TPSA) is 49.3 Å². The van der Waals surface area contributed by atoms with Gasteiger partial charge in [-0.1, -0.05) is 82.2 Å². The van der Waals surface area contributed by atoms with Crippen molar-refractivity contribution in [3.8, 4) is 0 Å². The van der Waals surface area contributed by atoms with Crippen molar-refractivity contribution in [3.63, 3.8) is 0 Å². The lowest BCUT2D eigenvalue weighted by Gasteiger charge is -2.08. The van der Waals surface area contributed by atoms with Gasteiger partial charge in [0.05, 0.1) is 0 Å². The minimum Gasteiger partial charge on any atom is -0.478 e. The Morgan fingerprint density at radius 3 is 2.26 bits per heavy atom. The SMILES string of the molecule is CCCCCCCCCCC=CCCCNc1ccccc1C=CC(=O)O. The number of hydrogen-bond acceptors (Lipinski definition) is 2. The quantitative estimate of drug-likeness (QED) is 0.186. The van der Waals surface area contributed by atoms with Gasteiger partial charge in [0.2, 0.25) is 0 Å². The molecule has 0 bridgehead atoms. The molecule has 1 rings (SSSR count). The van der Waals surface area contributed by atoms with Gasteiger partial charge in [-0.05, 0) is 43.4 Å². The van der Waals surface area contributed by atoms with Crippen LogP contribution in [0.3, 0.4) is 0 Å². The van der Waals surface area contributed by atoms with E-state index in [1.165, 1.54) is 63.9 Å². The lowest BCUT2D eigenvalue weighted by atomic mass is 10.1. The molecular formula is C24H37NO2. The molecule has 27 heavy (non-hydrogen) atoms. The highest BCUT2D eigenvalue weighted by Crippen LogP contribution is 2.16. The second-order valence-corrected chi connectivity index (χ2v) is 7.06. The van der Waals surface area contributed by atoms with Gasteiger partial charge in [-0.2, -0.15) is 0 Å². The van der Waals surface area contributed by atoms with E-state index < -0.39 is 5.97 Å². The van der Waals surface area contributed by atoms with Crippen LogP contribution in [0.4, 0.5) is 5.69 Å². The molecule has 0 heterocycles. The van der Waals surface area contributed by atoms with E-state index in [-0.39, 0.29) is 0 Å². The molecule has 0 spiro atoms. The van der Waals surface area contributed by atoms with Crippen molar-refractivity contribution in [1.82, 2.24) is 0 Å². The predicted molar refractivity (Wildman–Crippen MR) is 117 cm³/mol. The van der Waals surface area contributed by atoms with Crippen LogP contribution in [0, 0.1) is 0 Å². The third-order valence-electron chi connectivity index (χ3n) is 4.62. The van der Waals surface area contributed by atoms with Crippen molar-refractivity contribution in [2.75, 3.05) is 11.9 Å². The number of aliphatic carboxylic acids is 1. The van der Waals surface area contributed by atoms with Crippen molar-refractivity contribution >= 4 is 17.7 Å². The number of carboxylic acid groups (broad SMARTS) is 1. The maximum Gasteiger partial charge on any atom is 0.328 e. The number of anilines is 1. The molecule has 0 saturated carbocycles. The molecular weight excluding hydrogens is 334 g/mol. The average molecular weight is 372 g/mol. The summed E-state index contributed by atoms with van der Waals surface area (Å²) in [5.74, 6) is -0.925. The number of carboxylic acids is 1. The first-order chi connectivity index (χ1) is 13.2. The van der Waals surface area contributed by atoms with E-state index in [2.05, 4.69) is 24.4 Å². The largest absolute Gasteiger partial charge is 0.478 e. The number of rotatable bonds is 16. The molecule has 150 valence electrons. The van der Waals surface area contributed by atoms with Crippen LogP contribution < -0.4 is 5.32 Å². The monoisotopic (exact) mass is 371 g/mol. The molecule has 0 aromatic heterocycles. The van der Waals surface area contributed by atoms with Crippen LogP contribution in [0.25, 0.3) is 6.08 Å². The maximum absolute atomic E-state index is 10.7. The molecule has 1 aromatic rings. The summed E-state index contributed by atoms with van der Waals surface area (Å²) in [5.41, 5.74) is 1.89. The fraction of sp³-hybridized carbons (Fsp3) is 0.542. The molecule has 0 unspecified atom stereocenters. The van der Waals surface area contributed by atoms with E-state index in [4.69, 9.17) is 5.11 Å². The van der Waals surface area contributed by atoms with Gasteiger partial charge in [0, 0.05) is 18.3 Å². The molecule has 1 aromatic carbocycles. The molecule has 0 fully saturated rings. The van der Waals surface area contributed by atoms with Crippen LogP contribution in [-0.4, -0.2) is 17.6 Å².